The molecule has 0 bridgehead atoms. The molecule has 1 fully saturated rings. The zero-order valence-corrected chi connectivity index (χ0v) is 11.1. The van der Waals surface area contributed by atoms with Gasteiger partial charge in [-0.1, -0.05) is 6.07 Å². The van der Waals surface area contributed by atoms with E-state index in [9.17, 15) is 4.79 Å². The zero-order valence-electron chi connectivity index (χ0n) is 11.1. The highest BCUT2D eigenvalue weighted by molar-refractivity contribution is 5.92. The van der Waals surface area contributed by atoms with E-state index in [4.69, 9.17) is 0 Å². The van der Waals surface area contributed by atoms with Crippen LogP contribution in [0.1, 0.15) is 16.9 Å². The van der Waals surface area contributed by atoms with Crippen LogP contribution in [0.25, 0.3) is 0 Å². The number of likely N-dealkylation sites (tertiary alicyclic amines) is 1. The van der Waals surface area contributed by atoms with Crippen LogP contribution < -0.4 is 5.32 Å². The normalized spacial score (nSPS) is 18.0. The van der Waals surface area contributed by atoms with Crippen molar-refractivity contribution < 1.29 is 4.79 Å². The van der Waals surface area contributed by atoms with Crippen LogP contribution in [-0.2, 0) is 0 Å². The average Bonchev–Trinajstić information content (AvgIpc) is 2.97. The number of carbonyl (C=O) groups excluding carboxylic acids is 1. The Morgan fingerprint density at radius 2 is 2.20 bits per heavy atom. The van der Waals surface area contributed by atoms with Gasteiger partial charge in [0.1, 0.15) is 5.69 Å². The van der Waals surface area contributed by atoms with E-state index in [1.807, 2.05) is 29.2 Å². The van der Waals surface area contributed by atoms with Gasteiger partial charge in [0, 0.05) is 37.7 Å². The molecule has 1 aliphatic heterocycles. The lowest BCUT2D eigenvalue weighted by atomic mass is 10.2. The lowest BCUT2D eigenvalue weighted by Gasteiger charge is -2.17. The van der Waals surface area contributed by atoms with Crippen molar-refractivity contribution in [2.24, 2.45) is 0 Å². The molecule has 0 aromatic carbocycles. The summed E-state index contributed by atoms with van der Waals surface area (Å²) in [5.74, 6) is 0.00101. The molecule has 0 radical (unpaired) electrons. The number of nitrogens with zero attached hydrogens (tertiary/aromatic N) is 3. The van der Waals surface area contributed by atoms with Crippen LogP contribution in [0.15, 0.2) is 48.9 Å². The second kappa shape index (κ2) is 5.69. The standard InChI is InChI=1S/C15H16N4O/c20-15(14-5-1-2-8-17-14)19-9-6-13(11-19)18-12-4-3-7-16-10-12/h1-5,7-8,10,13,18H,6,9,11H2/t13-/m0/s1. The van der Waals surface area contributed by atoms with Gasteiger partial charge in [0.25, 0.3) is 5.91 Å². The predicted octanol–water partition coefficient (Wildman–Crippen LogP) is 1.80. The summed E-state index contributed by atoms with van der Waals surface area (Å²) in [6, 6.07) is 9.55. The average molecular weight is 268 g/mol. The smallest absolute Gasteiger partial charge is 0.272 e. The summed E-state index contributed by atoms with van der Waals surface area (Å²) in [6.07, 6.45) is 6.13. The van der Waals surface area contributed by atoms with Gasteiger partial charge in [-0.3, -0.25) is 14.8 Å². The Balaban J connectivity index is 1.61. The van der Waals surface area contributed by atoms with Crippen molar-refractivity contribution in [3.05, 3.63) is 54.6 Å². The molecule has 1 saturated heterocycles. The van der Waals surface area contributed by atoms with Gasteiger partial charge in [0.15, 0.2) is 0 Å². The number of amides is 1. The van der Waals surface area contributed by atoms with Crippen LogP contribution in [-0.4, -0.2) is 39.9 Å². The first kappa shape index (κ1) is 12.6. The van der Waals surface area contributed by atoms with Crippen molar-refractivity contribution in [2.45, 2.75) is 12.5 Å². The van der Waals surface area contributed by atoms with E-state index >= 15 is 0 Å². The monoisotopic (exact) mass is 268 g/mol. The maximum Gasteiger partial charge on any atom is 0.272 e. The highest BCUT2D eigenvalue weighted by Gasteiger charge is 2.27. The second-order valence-electron chi connectivity index (χ2n) is 4.84. The van der Waals surface area contributed by atoms with E-state index in [0.717, 1.165) is 18.7 Å². The highest BCUT2D eigenvalue weighted by atomic mass is 16.2. The molecule has 1 aliphatic rings. The first-order chi connectivity index (χ1) is 9.83. The molecule has 0 spiro atoms. The number of anilines is 1. The molecule has 5 nitrogen and oxygen atoms in total. The van der Waals surface area contributed by atoms with Gasteiger partial charge in [-0.25, -0.2) is 0 Å². The van der Waals surface area contributed by atoms with E-state index in [2.05, 4.69) is 15.3 Å². The van der Waals surface area contributed by atoms with Gasteiger partial charge < -0.3 is 10.2 Å². The Kier molecular flexibility index (Phi) is 3.58. The Morgan fingerprint density at radius 1 is 1.25 bits per heavy atom. The molecule has 1 atom stereocenters. The number of nitrogens with one attached hydrogen (secondary N) is 1. The molecular formula is C15H16N4O. The Morgan fingerprint density at radius 3 is 2.95 bits per heavy atom. The molecule has 102 valence electrons. The van der Waals surface area contributed by atoms with Crippen molar-refractivity contribution in [1.82, 2.24) is 14.9 Å². The fourth-order valence-electron chi connectivity index (χ4n) is 2.40. The predicted molar refractivity (Wildman–Crippen MR) is 76.4 cm³/mol. The van der Waals surface area contributed by atoms with Crippen molar-refractivity contribution in [3.8, 4) is 0 Å². The highest BCUT2D eigenvalue weighted by Crippen LogP contribution is 2.16. The molecular weight excluding hydrogens is 252 g/mol. The summed E-state index contributed by atoms with van der Waals surface area (Å²) in [6.45, 7) is 1.46. The molecule has 0 unspecified atom stereocenters. The molecule has 3 heterocycles. The summed E-state index contributed by atoms with van der Waals surface area (Å²) < 4.78 is 0. The topological polar surface area (TPSA) is 58.1 Å². The number of hydrogen-bond donors (Lipinski definition) is 1. The van der Waals surface area contributed by atoms with Gasteiger partial charge in [-0.15, -0.1) is 0 Å². The third-order valence-electron chi connectivity index (χ3n) is 3.39. The minimum Gasteiger partial charge on any atom is -0.379 e. The lowest BCUT2D eigenvalue weighted by Crippen LogP contribution is -2.32. The molecule has 1 N–H and O–H groups in total. The summed E-state index contributed by atoms with van der Waals surface area (Å²) in [5, 5.41) is 3.40. The quantitative estimate of drug-likeness (QED) is 0.922. The van der Waals surface area contributed by atoms with Crippen molar-refractivity contribution in [2.75, 3.05) is 18.4 Å². The molecule has 2 aromatic rings. The van der Waals surface area contributed by atoms with E-state index in [0.29, 0.717) is 12.2 Å². The van der Waals surface area contributed by atoms with Crippen molar-refractivity contribution in [1.29, 1.82) is 0 Å². The van der Waals surface area contributed by atoms with Crippen molar-refractivity contribution in [3.63, 3.8) is 0 Å². The molecule has 1 amide bonds. The van der Waals surface area contributed by atoms with Crippen LogP contribution in [0, 0.1) is 0 Å². The molecule has 0 saturated carbocycles. The van der Waals surface area contributed by atoms with Crippen LogP contribution in [0.5, 0.6) is 0 Å². The second-order valence-corrected chi connectivity index (χ2v) is 4.84. The van der Waals surface area contributed by atoms with E-state index in [-0.39, 0.29) is 11.9 Å². The van der Waals surface area contributed by atoms with Gasteiger partial charge in [0.2, 0.25) is 0 Å². The zero-order chi connectivity index (χ0) is 13.8. The Labute approximate surface area is 117 Å². The summed E-state index contributed by atoms with van der Waals surface area (Å²) in [5.41, 5.74) is 1.50. The first-order valence-electron chi connectivity index (χ1n) is 6.70. The maximum atomic E-state index is 12.3. The first-order valence-corrected chi connectivity index (χ1v) is 6.70. The van der Waals surface area contributed by atoms with E-state index in [1.54, 1.807) is 24.7 Å². The Hall–Kier alpha value is -2.43. The molecule has 2 aromatic heterocycles. The summed E-state index contributed by atoms with van der Waals surface area (Å²) in [7, 11) is 0. The fourth-order valence-corrected chi connectivity index (χ4v) is 2.40. The third-order valence-corrected chi connectivity index (χ3v) is 3.39. The molecule has 5 heteroatoms. The lowest BCUT2D eigenvalue weighted by molar-refractivity contribution is 0.0786. The van der Waals surface area contributed by atoms with Gasteiger partial charge in [0.05, 0.1) is 5.69 Å². The van der Waals surface area contributed by atoms with Gasteiger partial charge in [-0.2, -0.15) is 0 Å². The minimum absolute atomic E-state index is 0.00101. The molecule has 0 aliphatic carbocycles. The van der Waals surface area contributed by atoms with Crippen LogP contribution in [0.4, 0.5) is 5.69 Å². The Bertz CT molecular complexity index is 573. The minimum atomic E-state index is 0.00101. The number of rotatable bonds is 3. The number of aromatic nitrogens is 2. The SMILES string of the molecule is O=C(c1ccccn1)N1CC[C@H](Nc2cccnc2)C1. The summed E-state index contributed by atoms with van der Waals surface area (Å²) >= 11 is 0. The van der Waals surface area contributed by atoms with E-state index < -0.39 is 0 Å². The number of carbonyl (C=O) groups is 1. The summed E-state index contributed by atoms with van der Waals surface area (Å²) in [4.78, 5) is 22.3. The number of hydrogen-bond acceptors (Lipinski definition) is 4. The van der Waals surface area contributed by atoms with E-state index in [1.165, 1.54) is 0 Å². The van der Waals surface area contributed by atoms with Crippen molar-refractivity contribution >= 4 is 11.6 Å². The van der Waals surface area contributed by atoms with Gasteiger partial charge >= 0.3 is 0 Å². The molecule has 20 heavy (non-hydrogen) atoms. The third kappa shape index (κ3) is 2.77. The van der Waals surface area contributed by atoms with Crippen LogP contribution >= 0.6 is 0 Å². The van der Waals surface area contributed by atoms with Gasteiger partial charge in [-0.05, 0) is 30.7 Å². The fraction of sp³-hybridized carbons (Fsp3) is 0.267. The van der Waals surface area contributed by atoms with Crippen LogP contribution in [0.2, 0.25) is 0 Å². The van der Waals surface area contributed by atoms with Crippen LogP contribution in [0.3, 0.4) is 0 Å². The maximum absolute atomic E-state index is 12.3. The largest absolute Gasteiger partial charge is 0.379 e. The molecule has 3 rings (SSSR count). The number of pyridine rings is 2.